The number of unbranched alkanes of at least 4 members (excludes halogenated alkanes) is 1. The van der Waals surface area contributed by atoms with Gasteiger partial charge in [-0.05, 0) is 73.4 Å². The van der Waals surface area contributed by atoms with E-state index in [4.69, 9.17) is 14.2 Å². The quantitative estimate of drug-likeness (QED) is 0.211. The zero-order chi connectivity index (χ0) is 28.4. The summed E-state index contributed by atoms with van der Waals surface area (Å²) in [4.78, 5) is 50.3. The Kier molecular flexibility index (Phi) is 11.1. The molecule has 1 aliphatic rings. The average molecular weight is 538 g/mol. The molecule has 0 radical (unpaired) electrons. The molecule has 2 aromatic rings. The molecule has 0 bridgehead atoms. The summed E-state index contributed by atoms with van der Waals surface area (Å²) in [6.45, 7) is 8.25. The number of carbonyl (C=O) groups is 4. The number of carbonyl (C=O) groups excluding carboxylic acids is 4. The minimum Gasteiger partial charge on any atom is -0.462 e. The van der Waals surface area contributed by atoms with Gasteiger partial charge in [0.25, 0.3) is 5.91 Å². The Labute approximate surface area is 230 Å². The van der Waals surface area contributed by atoms with Crippen LogP contribution in [-0.4, -0.2) is 43.1 Å². The first-order valence-corrected chi connectivity index (χ1v) is 13.7. The molecule has 0 spiro atoms. The van der Waals surface area contributed by atoms with Gasteiger partial charge in [0.1, 0.15) is 6.10 Å². The van der Waals surface area contributed by atoms with E-state index in [9.17, 15) is 19.2 Å². The van der Waals surface area contributed by atoms with Gasteiger partial charge in [-0.1, -0.05) is 52.7 Å². The fourth-order valence-corrected chi connectivity index (χ4v) is 4.78. The highest BCUT2D eigenvalue weighted by atomic mass is 16.5. The lowest BCUT2D eigenvalue weighted by Gasteiger charge is -2.36. The van der Waals surface area contributed by atoms with Crippen LogP contribution in [0.5, 0.6) is 0 Å². The van der Waals surface area contributed by atoms with Gasteiger partial charge in [-0.15, -0.1) is 0 Å². The highest BCUT2D eigenvalue weighted by Crippen LogP contribution is 2.36. The van der Waals surface area contributed by atoms with Crippen LogP contribution in [0.1, 0.15) is 90.9 Å². The van der Waals surface area contributed by atoms with Crippen LogP contribution in [0.15, 0.2) is 48.5 Å². The van der Waals surface area contributed by atoms with Crippen LogP contribution in [0.4, 0.5) is 5.69 Å². The topological polar surface area (TPSA) is 108 Å². The molecule has 39 heavy (non-hydrogen) atoms. The van der Waals surface area contributed by atoms with Gasteiger partial charge in [0.05, 0.1) is 23.3 Å². The molecule has 8 heteroatoms. The maximum atomic E-state index is 13.1. The fraction of sp³-hybridized carbons (Fsp3) is 0.484. The highest BCUT2D eigenvalue weighted by Gasteiger charge is 2.34. The Morgan fingerprint density at radius 2 is 1.56 bits per heavy atom. The molecule has 1 saturated carbocycles. The number of hydrogen-bond donors (Lipinski definition) is 1. The average Bonchev–Trinajstić information content (AvgIpc) is 2.92. The van der Waals surface area contributed by atoms with Crippen molar-refractivity contribution >= 4 is 29.5 Å². The standard InChI is InChI=1S/C31H39NO7/c1-5-6-17-37-29(34)22-12-14-23(15-13-22)32-28(33)19-38-30(35)25-9-7-8-10-26(25)31(36)39-27-18-21(4)11-16-24(27)20(2)3/h7-10,12-15,20-21,24,27H,5-6,11,16-19H2,1-4H3,(H,32,33)/t21-,24+,27-/m1/s1. The number of esters is 3. The summed E-state index contributed by atoms with van der Waals surface area (Å²) >= 11 is 0. The first-order valence-electron chi connectivity index (χ1n) is 13.7. The van der Waals surface area contributed by atoms with Crippen molar-refractivity contribution in [1.82, 2.24) is 0 Å². The Hall–Kier alpha value is -3.68. The first-order chi connectivity index (χ1) is 18.7. The first kappa shape index (κ1) is 29.9. The zero-order valence-corrected chi connectivity index (χ0v) is 23.2. The van der Waals surface area contributed by atoms with Crippen molar-refractivity contribution in [2.24, 2.45) is 17.8 Å². The molecule has 0 heterocycles. The smallest absolute Gasteiger partial charge is 0.339 e. The monoisotopic (exact) mass is 537 g/mol. The summed E-state index contributed by atoms with van der Waals surface area (Å²) < 4.78 is 16.3. The van der Waals surface area contributed by atoms with E-state index in [-0.39, 0.29) is 23.1 Å². The summed E-state index contributed by atoms with van der Waals surface area (Å²) in [5.74, 6) is -1.22. The van der Waals surface area contributed by atoms with E-state index in [2.05, 4.69) is 26.1 Å². The molecule has 2 aromatic carbocycles. The second kappa shape index (κ2) is 14.5. The third-order valence-corrected chi connectivity index (χ3v) is 7.06. The van der Waals surface area contributed by atoms with Crippen molar-refractivity contribution in [2.75, 3.05) is 18.5 Å². The second-order valence-corrected chi connectivity index (χ2v) is 10.5. The normalized spacial score (nSPS) is 18.7. The summed E-state index contributed by atoms with van der Waals surface area (Å²) in [7, 11) is 0. The van der Waals surface area contributed by atoms with Gasteiger partial charge in [0.15, 0.2) is 6.61 Å². The minimum atomic E-state index is -0.791. The Morgan fingerprint density at radius 1 is 0.897 bits per heavy atom. The lowest BCUT2D eigenvalue weighted by molar-refractivity contribution is -0.119. The van der Waals surface area contributed by atoms with Crippen LogP contribution in [0, 0.1) is 17.8 Å². The van der Waals surface area contributed by atoms with Gasteiger partial charge in [-0.25, -0.2) is 14.4 Å². The van der Waals surface area contributed by atoms with Crippen molar-refractivity contribution in [3.05, 3.63) is 65.2 Å². The molecule has 3 atom stereocenters. The third kappa shape index (κ3) is 8.67. The number of benzene rings is 2. The zero-order valence-electron chi connectivity index (χ0n) is 23.2. The predicted octanol–water partition coefficient (Wildman–Crippen LogP) is 6.06. The molecule has 1 amide bonds. The minimum absolute atomic E-state index is 0.0474. The molecular weight excluding hydrogens is 498 g/mol. The fourth-order valence-electron chi connectivity index (χ4n) is 4.78. The van der Waals surface area contributed by atoms with Crippen LogP contribution in [0.2, 0.25) is 0 Å². The Bertz CT molecular complexity index is 1140. The second-order valence-electron chi connectivity index (χ2n) is 10.5. The molecule has 1 fully saturated rings. The maximum absolute atomic E-state index is 13.1. The van der Waals surface area contributed by atoms with Gasteiger partial charge in [0, 0.05) is 5.69 Å². The molecule has 3 rings (SSSR count). The molecule has 1 aliphatic carbocycles. The van der Waals surface area contributed by atoms with Gasteiger partial charge in [0.2, 0.25) is 0 Å². The SMILES string of the molecule is CCCCOC(=O)c1ccc(NC(=O)COC(=O)c2ccccc2C(=O)O[C@@H]2C[C@H](C)CC[C@H]2C(C)C)cc1. The van der Waals surface area contributed by atoms with Gasteiger partial charge >= 0.3 is 17.9 Å². The number of nitrogens with one attached hydrogen (secondary N) is 1. The van der Waals surface area contributed by atoms with Crippen molar-refractivity contribution in [3.63, 3.8) is 0 Å². The number of hydrogen-bond acceptors (Lipinski definition) is 7. The van der Waals surface area contributed by atoms with Gasteiger partial charge < -0.3 is 19.5 Å². The molecule has 8 nitrogen and oxygen atoms in total. The van der Waals surface area contributed by atoms with Crippen LogP contribution in [0.25, 0.3) is 0 Å². The van der Waals surface area contributed by atoms with E-state index in [0.717, 1.165) is 32.1 Å². The van der Waals surface area contributed by atoms with Crippen molar-refractivity contribution in [2.45, 2.75) is 65.9 Å². The van der Waals surface area contributed by atoms with E-state index in [0.29, 0.717) is 29.7 Å². The highest BCUT2D eigenvalue weighted by molar-refractivity contribution is 6.04. The molecule has 0 aliphatic heterocycles. The van der Waals surface area contributed by atoms with E-state index < -0.39 is 30.4 Å². The Balaban J connectivity index is 1.56. The Morgan fingerprint density at radius 3 is 2.21 bits per heavy atom. The number of rotatable bonds is 11. The molecular formula is C31H39NO7. The molecule has 0 aromatic heterocycles. The predicted molar refractivity (Wildman–Crippen MR) is 148 cm³/mol. The summed E-state index contributed by atoms with van der Waals surface area (Å²) in [6, 6.07) is 12.5. The number of ether oxygens (including phenoxy) is 3. The molecule has 1 N–H and O–H groups in total. The van der Waals surface area contributed by atoms with Crippen molar-refractivity contribution in [1.29, 1.82) is 0 Å². The van der Waals surface area contributed by atoms with Crippen molar-refractivity contribution < 1.29 is 33.4 Å². The lowest BCUT2D eigenvalue weighted by Crippen LogP contribution is -2.36. The van der Waals surface area contributed by atoms with E-state index in [1.165, 1.54) is 12.1 Å². The largest absolute Gasteiger partial charge is 0.462 e. The number of anilines is 1. The maximum Gasteiger partial charge on any atom is 0.339 e. The van der Waals surface area contributed by atoms with Crippen LogP contribution in [-0.2, 0) is 19.0 Å². The van der Waals surface area contributed by atoms with Crippen LogP contribution >= 0.6 is 0 Å². The van der Waals surface area contributed by atoms with Crippen LogP contribution < -0.4 is 5.32 Å². The summed E-state index contributed by atoms with van der Waals surface area (Å²) in [6.07, 6.45) is 4.42. The van der Waals surface area contributed by atoms with Gasteiger partial charge in [-0.3, -0.25) is 4.79 Å². The number of amides is 1. The van der Waals surface area contributed by atoms with E-state index in [1.54, 1.807) is 36.4 Å². The van der Waals surface area contributed by atoms with E-state index >= 15 is 0 Å². The van der Waals surface area contributed by atoms with Crippen molar-refractivity contribution in [3.8, 4) is 0 Å². The van der Waals surface area contributed by atoms with E-state index in [1.807, 2.05) is 6.92 Å². The third-order valence-electron chi connectivity index (χ3n) is 7.06. The van der Waals surface area contributed by atoms with Gasteiger partial charge in [-0.2, -0.15) is 0 Å². The van der Waals surface area contributed by atoms with Crippen LogP contribution in [0.3, 0.4) is 0 Å². The molecule has 0 unspecified atom stereocenters. The molecule has 0 saturated heterocycles. The lowest BCUT2D eigenvalue weighted by atomic mass is 9.75. The summed E-state index contributed by atoms with van der Waals surface area (Å²) in [5, 5.41) is 2.62. The molecule has 210 valence electrons. The summed E-state index contributed by atoms with van der Waals surface area (Å²) in [5.41, 5.74) is 0.976.